The number of nitro groups is 1. The van der Waals surface area contributed by atoms with Gasteiger partial charge in [0.05, 0.1) is 9.40 Å². The van der Waals surface area contributed by atoms with Crippen LogP contribution in [0.15, 0.2) is 46.0 Å². The van der Waals surface area contributed by atoms with Crippen molar-refractivity contribution >= 4 is 27.3 Å². The van der Waals surface area contributed by atoms with Crippen molar-refractivity contribution in [2.45, 2.75) is 0 Å². The van der Waals surface area contributed by atoms with Gasteiger partial charge in [0.2, 0.25) is 0 Å². The zero-order chi connectivity index (χ0) is 13.6. The molecule has 0 fully saturated rings. The Bertz CT molecular complexity index is 741. The lowest BCUT2D eigenvalue weighted by molar-refractivity contribution is -0.385. The molecule has 0 radical (unpaired) electrons. The predicted molar refractivity (Wildman–Crippen MR) is 73.7 cm³/mol. The summed E-state index contributed by atoms with van der Waals surface area (Å²) >= 11 is 3.20. The van der Waals surface area contributed by atoms with Crippen molar-refractivity contribution in [1.82, 2.24) is 0 Å². The first kappa shape index (κ1) is 11.9. The molecule has 0 heterocycles. The topological polar surface area (TPSA) is 75.7 Å². The minimum absolute atomic E-state index is 0.0484. The monoisotopic (exact) mass is 318 g/mol. The highest BCUT2D eigenvalue weighted by molar-refractivity contribution is 9.10. The SMILES string of the molecule is O=[N+]([O-])c1cc2c(cc1Br)-c1ccccc1/C2=N/O. The van der Waals surface area contributed by atoms with E-state index < -0.39 is 4.92 Å². The number of rotatable bonds is 1. The Kier molecular flexibility index (Phi) is 2.60. The van der Waals surface area contributed by atoms with Gasteiger partial charge in [-0.05, 0) is 33.1 Å². The summed E-state index contributed by atoms with van der Waals surface area (Å²) in [7, 11) is 0. The molecular weight excluding hydrogens is 312 g/mol. The standard InChI is InChI=1S/C13H7BrN2O3/c14-11-5-9-7-3-1-2-4-8(7)13(15-17)10(9)6-12(11)16(18)19/h1-6,17H/b15-13-. The highest BCUT2D eigenvalue weighted by atomic mass is 79.9. The normalized spacial score (nSPS) is 14.3. The number of hydrogen-bond acceptors (Lipinski definition) is 4. The third kappa shape index (κ3) is 1.64. The van der Waals surface area contributed by atoms with Crippen molar-refractivity contribution < 1.29 is 10.1 Å². The van der Waals surface area contributed by atoms with Gasteiger partial charge in [-0.2, -0.15) is 0 Å². The maximum atomic E-state index is 11.0. The highest BCUT2D eigenvalue weighted by Gasteiger charge is 2.28. The minimum atomic E-state index is -0.470. The molecule has 94 valence electrons. The third-order valence-electron chi connectivity index (χ3n) is 3.11. The van der Waals surface area contributed by atoms with E-state index in [4.69, 9.17) is 5.21 Å². The second-order valence-corrected chi connectivity index (χ2v) is 4.95. The third-order valence-corrected chi connectivity index (χ3v) is 3.75. The van der Waals surface area contributed by atoms with E-state index in [2.05, 4.69) is 21.1 Å². The summed E-state index contributed by atoms with van der Waals surface area (Å²) < 4.78 is 0.408. The Morgan fingerprint density at radius 1 is 1.11 bits per heavy atom. The van der Waals surface area contributed by atoms with E-state index in [-0.39, 0.29) is 5.69 Å². The quantitative estimate of drug-likeness (QED) is 0.423. The Balaban J connectivity index is 2.36. The molecule has 2 aromatic rings. The summed E-state index contributed by atoms with van der Waals surface area (Å²) in [6.45, 7) is 0. The number of nitro benzene ring substituents is 1. The average molecular weight is 319 g/mol. The van der Waals surface area contributed by atoms with Crippen molar-refractivity contribution in [2.75, 3.05) is 0 Å². The summed E-state index contributed by atoms with van der Waals surface area (Å²) in [4.78, 5) is 10.5. The fourth-order valence-corrected chi connectivity index (χ4v) is 2.79. The molecule has 19 heavy (non-hydrogen) atoms. The molecule has 0 saturated heterocycles. The van der Waals surface area contributed by atoms with Crippen LogP contribution >= 0.6 is 15.9 Å². The maximum Gasteiger partial charge on any atom is 0.284 e. The molecule has 3 rings (SSSR count). The first-order valence-electron chi connectivity index (χ1n) is 5.43. The molecule has 0 unspecified atom stereocenters. The maximum absolute atomic E-state index is 11.0. The van der Waals surface area contributed by atoms with Gasteiger partial charge in [0.1, 0.15) is 5.71 Å². The summed E-state index contributed by atoms with van der Waals surface area (Å²) in [5, 5.41) is 23.4. The molecule has 0 spiro atoms. The number of fused-ring (bicyclic) bond motifs is 3. The molecule has 0 saturated carbocycles. The number of oxime groups is 1. The summed E-state index contributed by atoms with van der Waals surface area (Å²) in [5.41, 5.74) is 3.38. The molecule has 0 bridgehead atoms. The molecule has 0 atom stereocenters. The zero-order valence-electron chi connectivity index (χ0n) is 9.50. The Morgan fingerprint density at radius 2 is 1.79 bits per heavy atom. The fourth-order valence-electron chi connectivity index (χ4n) is 2.30. The first-order chi connectivity index (χ1) is 9.13. The molecule has 6 heteroatoms. The van der Waals surface area contributed by atoms with Gasteiger partial charge in [-0.1, -0.05) is 29.4 Å². The number of hydrogen-bond donors (Lipinski definition) is 1. The van der Waals surface area contributed by atoms with E-state index in [1.165, 1.54) is 6.07 Å². The lowest BCUT2D eigenvalue weighted by Gasteiger charge is -2.02. The molecule has 0 amide bonds. The molecule has 1 N–H and O–H groups in total. The van der Waals surface area contributed by atoms with E-state index in [0.29, 0.717) is 15.7 Å². The molecule has 5 nitrogen and oxygen atoms in total. The van der Waals surface area contributed by atoms with Gasteiger partial charge in [-0.25, -0.2) is 0 Å². The van der Waals surface area contributed by atoms with Crippen LogP contribution in [0.2, 0.25) is 0 Å². The molecule has 0 aliphatic heterocycles. The lowest BCUT2D eigenvalue weighted by atomic mass is 10.1. The number of halogens is 1. The van der Waals surface area contributed by atoms with Crippen LogP contribution in [-0.4, -0.2) is 15.8 Å². The predicted octanol–water partition coefficient (Wildman–Crippen LogP) is 3.56. The van der Waals surface area contributed by atoms with Gasteiger partial charge in [0.25, 0.3) is 5.69 Å². The molecule has 1 aliphatic carbocycles. The summed E-state index contributed by atoms with van der Waals surface area (Å²) in [5.74, 6) is 0. The fraction of sp³-hybridized carbons (Fsp3) is 0. The van der Waals surface area contributed by atoms with Crippen LogP contribution < -0.4 is 0 Å². The smallest absolute Gasteiger partial charge is 0.284 e. The van der Waals surface area contributed by atoms with E-state index in [1.54, 1.807) is 6.07 Å². The molecule has 0 aromatic heterocycles. The van der Waals surface area contributed by atoms with Crippen LogP contribution in [-0.2, 0) is 0 Å². The Labute approximate surface area is 116 Å². The minimum Gasteiger partial charge on any atom is -0.410 e. The van der Waals surface area contributed by atoms with Gasteiger partial charge in [-0.3, -0.25) is 10.1 Å². The highest BCUT2D eigenvalue weighted by Crippen LogP contribution is 2.41. The largest absolute Gasteiger partial charge is 0.410 e. The Hall–Kier alpha value is -2.21. The zero-order valence-corrected chi connectivity index (χ0v) is 11.1. The van der Waals surface area contributed by atoms with E-state index in [1.807, 2.05) is 24.3 Å². The second kappa shape index (κ2) is 4.17. The van der Waals surface area contributed by atoms with Gasteiger partial charge in [0, 0.05) is 17.2 Å². The van der Waals surface area contributed by atoms with Gasteiger partial charge in [0.15, 0.2) is 0 Å². The lowest BCUT2D eigenvalue weighted by Crippen LogP contribution is -1.99. The van der Waals surface area contributed by atoms with E-state index in [9.17, 15) is 10.1 Å². The van der Waals surface area contributed by atoms with Crippen molar-refractivity contribution in [3.05, 3.63) is 62.1 Å². The van der Waals surface area contributed by atoms with Gasteiger partial charge < -0.3 is 5.21 Å². The average Bonchev–Trinajstić information content (AvgIpc) is 2.70. The van der Waals surface area contributed by atoms with Crippen LogP contribution in [0, 0.1) is 10.1 Å². The van der Waals surface area contributed by atoms with Crippen molar-refractivity contribution in [2.24, 2.45) is 5.16 Å². The molecule has 1 aliphatic rings. The molecule has 2 aromatic carbocycles. The van der Waals surface area contributed by atoms with Crippen LogP contribution in [0.1, 0.15) is 11.1 Å². The van der Waals surface area contributed by atoms with Crippen molar-refractivity contribution in [1.29, 1.82) is 0 Å². The van der Waals surface area contributed by atoms with E-state index in [0.717, 1.165) is 16.7 Å². The van der Waals surface area contributed by atoms with Crippen molar-refractivity contribution in [3.63, 3.8) is 0 Å². The summed E-state index contributed by atoms with van der Waals surface area (Å²) in [6, 6.07) is 10.5. The Morgan fingerprint density at radius 3 is 2.42 bits per heavy atom. The summed E-state index contributed by atoms with van der Waals surface area (Å²) in [6.07, 6.45) is 0. The van der Waals surface area contributed by atoms with E-state index >= 15 is 0 Å². The van der Waals surface area contributed by atoms with Gasteiger partial charge >= 0.3 is 0 Å². The van der Waals surface area contributed by atoms with Crippen LogP contribution in [0.5, 0.6) is 0 Å². The van der Waals surface area contributed by atoms with Crippen LogP contribution in [0.4, 0.5) is 5.69 Å². The van der Waals surface area contributed by atoms with Gasteiger partial charge in [-0.15, -0.1) is 0 Å². The second-order valence-electron chi connectivity index (χ2n) is 4.10. The number of nitrogens with zero attached hydrogens (tertiary/aromatic N) is 2. The first-order valence-corrected chi connectivity index (χ1v) is 6.23. The number of benzene rings is 2. The van der Waals surface area contributed by atoms with Crippen molar-refractivity contribution in [3.8, 4) is 11.1 Å². The van der Waals surface area contributed by atoms with Crippen LogP contribution in [0.25, 0.3) is 11.1 Å². The molecular formula is C13H7BrN2O3. The van der Waals surface area contributed by atoms with Crippen LogP contribution in [0.3, 0.4) is 0 Å².